The van der Waals surface area contributed by atoms with Gasteiger partial charge in [-0.3, -0.25) is 4.21 Å². The maximum absolute atomic E-state index is 11.2. The lowest BCUT2D eigenvalue weighted by Crippen LogP contribution is -2.29. The SMILES string of the molecule is Nc1cccnc1NC1CCS(=O)CC1. The van der Waals surface area contributed by atoms with Gasteiger partial charge in [-0.05, 0) is 25.0 Å². The summed E-state index contributed by atoms with van der Waals surface area (Å²) in [5.41, 5.74) is 6.45. The van der Waals surface area contributed by atoms with Gasteiger partial charge in [-0.15, -0.1) is 0 Å². The summed E-state index contributed by atoms with van der Waals surface area (Å²) in [6, 6.07) is 4.01. The third-order valence-electron chi connectivity index (χ3n) is 2.57. The number of aromatic nitrogens is 1. The van der Waals surface area contributed by atoms with Gasteiger partial charge in [-0.2, -0.15) is 0 Å². The van der Waals surface area contributed by atoms with E-state index in [1.807, 2.05) is 12.1 Å². The van der Waals surface area contributed by atoms with Gasteiger partial charge in [0.25, 0.3) is 0 Å². The Morgan fingerprint density at radius 3 is 2.87 bits per heavy atom. The molecule has 2 rings (SSSR count). The maximum atomic E-state index is 11.2. The lowest BCUT2D eigenvalue weighted by atomic mass is 10.1. The summed E-state index contributed by atoms with van der Waals surface area (Å²) in [6.45, 7) is 0. The number of pyridine rings is 1. The van der Waals surface area contributed by atoms with Crippen molar-refractivity contribution in [3.8, 4) is 0 Å². The predicted octanol–water partition coefficient (Wildman–Crippen LogP) is 0.987. The van der Waals surface area contributed by atoms with Gasteiger partial charge in [0, 0.05) is 34.5 Å². The summed E-state index contributed by atoms with van der Waals surface area (Å²) in [7, 11) is -0.616. The molecule has 0 bridgehead atoms. The van der Waals surface area contributed by atoms with Crippen molar-refractivity contribution < 1.29 is 4.21 Å². The zero-order chi connectivity index (χ0) is 10.7. The highest BCUT2D eigenvalue weighted by molar-refractivity contribution is 7.85. The molecule has 82 valence electrons. The summed E-state index contributed by atoms with van der Waals surface area (Å²) >= 11 is 0. The molecule has 0 unspecified atom stereocenters. The van der Waals surface area contributed by atoms with E-state index in [1.54, 1.807) is 6.20 Å². The van der Waals surface area contributed by atoms with E-state index >= 15 is 0 Å². The molecule has 0 radical (unpaired) electrons. The first-order valence-corrected chi connectivity index (χ1v) is 6.56. The Balaban J connectivity index is 1.97. The third-order valence-corrected chi connectivity index (χ3v) is 3.95. The molecule has 5 heteroatoms. The summed E-state index contributed by atoms with van der Waals surface area (Å²) in [6.07, 6.45) is 3.59. The third kappa shape index (κ3) is 2.68. The highest BCUT2D eigenvalue weighted by Gasteiger charge is 2.18. The molecule has 0 aliphatic carbocycles. The van der Waals surface area contributed by atoms with Crippen molar-refractivity contribution in [1.29, 1.82) is 0 Å². The largest absolute Gasteiger partial charge is 0.396 e. The molecule has 2 heterocycles. The second-order valence-electron chi connectivity index (χ2n) is 3.71. The minimum Gasteiger partial charge on any atom is -0.396 e. The first kappa shape index (κ1) is 10.4. The molecule has 0 spiro atoms. The highest BCUT2D eigenvalue weighted by atomic mass is 32.2. The molecule has 0 amide bonds. The Hall–Kier alpha value is -1.10. The van der Waals surface area contributed by atoms with Crippen molar-refractivity contribution in [1.82, 2.24) is 4.98 Å². The fourth-order valence-electron chi connectivity index (χ4n) is 1.67. The summed E-state index contributed by atoms with van der Waals surface area (Å²) in [5.74, 6) is 2.31. The molecule has 0 atom stereocenters. The van der Waals surface area contributed by atoms with Crippen molar-refractivity contribution >= 4 is 22.3 Å². The van der Waals surface area contributed by atoms with Gasteiger partial charge >= 0.3 is 0 Å². The van der Waals surface area contributed by atoms with Crippen LogP contribution in [0.3, 0.4) is 0 Å². The van der Waals surface area contributed by atoms with Crippen LogP contribution in [0.1, 0.15) is 12.8 Å². The molecule has 1 aromatic rings. The van der Waals surface area contributed by atoms with Crippen molar-refractivity contribution in [3.63, 3.8) is 0 Å². The Morgan fingerprint density at radius 1 is 1.47 bits per heavy atom. The quantitative estimate of drug-likeness (QED) is 0.787. The molecule has 0 aromatic carbocycles. The number of rotatable bonds is 2. The minimum atomic E-state index is -0.616. The molecule has 4 nitrogen and oxygen atoms in total. The van der Waals surface area contributed by atoms with E-state index in [-0.39, 0.29) is 0 Å². The molecule has 1 fully saturated rings. The lowest BCUT2D eigenvalue weighted by molar-refractivity contribution is 0.623. The zero-order valence-corrected chi connectivity index (χ0v) is 9.30. The number of hydrogen-bond acceptors (Lipinski definition) is 4. The summed E-state index contributed by atoms with van der Waals surface area (Å²) in [4.78, 5) is 4.18. The van der Waals surface area contributed by atoms with Crippen LogP contribution in [0.25, 0.3) is 0 Å². The first-order valence-electron chi connectivity index (χ1n) is 5.08. The van der Waals surface area contributed by atoms with Crippen LogP contribution in [-0.4, -0.2) is 26.7 Å². The number of anilines is 2. The summed E-state index contributed by atoms with van der Waals surface area (Å²) < 4.78 is 11.2. The summed E-state index contributed by atoms with van der Waals surface area (Å²) in [5, 5.41) is 3.30. The van der Waals surface area contributed by atoms with Gasteiger partial charge < -0.3 is 11.1 Å². The van der Waals surface area contributed by atoms with Crippen LogP contribution in [0.15, 0.2) is 18.3 Å². The van der Waals surface area contributed by atoms with Crippen molar-refractivity contribution in [2.45, 2.75) is 18.9 Å². The van der Waals surface area contributed by atoms with Crippen LogP contribution < -0.4 is 11.1 Å². The van der Waals surface area contributed by atoms with Gasteiger partial charge in [0.15, 0.2) is 0 Å². The van der Waals surface area contributed by atoms with E-state index in [0.29, 0.717) is 11.7 Å². The van der Waals surface area contributed by atoms with Crippen LogP contribution >= 0.6 is 0 Å². The smallest absolute Gasteiger partial charge is 0.149 e. The Bertz CT molecular complexity index is 359. The molecular formula is C10H15N3OS. The highest BCUT2D eigenvalue weighted by Crippen LogP contribution is 2.18. The standard InChI is InChI=1S/C10H15N3OS/c11-9-2-1-5-12-10(9)13-8-3-6-15(14)7-4-8/h1-2,5,8H,3-4,6-7,11H2,(H,12,13). The topological polar surface area (TPSA) is 68.0 Å². The van der Waals surface area contributed by atoms with E-state index < -0.39 is 10.8 Å². The number of hydrogen-bond donors (Lipinski definition) is 2. The average molecular weight is 225 g/mol. The zero-order valence-electron chi connectivity index (χ0n) is 8.48. The van der Waals surface area contributed by atoms with Crippen LogP contribution in [-0.2, 0) is 10.8 Å². The van der Waals surface area contributed by atoms with Crippen LogP contribution in [0.5, 0.6) is 0 Å². The van der Waals surface area contributed by atoms with Gasteiger partial charge in [0.05, 0.1) is 5.69 Å². The molecule has 3 N–H and O–H groups in total. The van der Waals surface area contributed by atoms with Crippen molar-refractivity contribution in [2.75, 3.05) is 22.6 Å². The molecular weight excluding hydrogens is 210 g/mol. The fraction of sp³-hybridized carbons (Fsp3) is 0.500. The van der Waals surface area contributed by atoms with Crippen LogP contribution in [0.4, 0.5) is 11.5 Å². The Morgan fingerprint density at radius 2 is 2.20 bits per heavy atom. The lowest BCUT2D eigenvalue weighted by Gasteiger charge is -2.23. The van der Waals surface area contributed by atoms with Crippen LogP contribution in [0, 0.1) is 0 Å². The second kappa shape index (κ2) is 4.61. The van der Waals surface area contributed by atoms with Crippen molar-refractivity contribution in [2.24, 2.45) is 0 Å². The molecule has 1 aliphatic rings. The molecule has 15 heavy (non-hydrogen) atoms. The second-order valence-corrected chi connectivity index (χ2v) is 5.40. The number of nitrogen functional groups attached to an aromatic ring is 1. The van der Waals surface area contributed by atoms with Gasteiger partial charge in [0.2, 0.25) is 0 Å². The predicted molar refractivity (Wildman–Crippen MR) is 63.2 cm³/mol. The molecule has 1 saturated heterocycles. The van der Waals surface area contributed by atoms with E-state index in [0.717, 1.165) is 30.2 Å². The van der Waals surface area contributed by atoms with E-state index in [9.17, 15) is 4.21 Å². The fourth-order valence-corrected chi connectivity index (χ4v) is 2.97. The van der Waals surface area contributed by atoms with E-state index in [2.05, 4.69) is 10.3 Å². The Labute approximate surface area is 91.7 Å². The van der Waals surface area contributed by atoms with E-state index in [1.165, 1.54) is 0 Å². The van der Waals surface area contributed by atoms with Crippen LogP contribution in [0.2, 0.25) is 0 Å². The van der Waals surface area contributed by atoms with Crippen molar-refractivity contribution in [3.05, 3.63) is 18.3 Å². The monoisotopic (exact) mass is 225 g/mol. The van der Waals surface area contributed by atoms with E-state index in [4.69, 9.17) is 5.73 Å². The normalized spacial score (nSPS) is 26.1. The molecule has 1 aliphatic heterocycles. The number of nitrogens with one attached hydrogen (secondary N) is 1. The van der Waals surface area contributed by atoms with Gasteiger partial charge in [-0.25, -0.2) is 4.98 Å². The Kier molecular flexibility index (Phi) is 3.20. The minimum absolute atomic E-state index is 0.361. The average Bonchev–Trinajstić information content (AvgIpc) is 2.25. The number of nitrogens with zero attached hydrogens (tertiary/aromatic N) is 1. The first-order chi connectivity index (χ1) is 7.25. The maximum Gasteiger partial charge on any atom is 0.149 e. The number of nitrogens with two attached hydrogens (primary N) is 1. The molecule has 1 aromatic heterocycles. The van der Waals surface area contributed by atoms with Gasteiger partial charge in [-0.1, -0.05) is 0 Å². The molecule has 0 saturated carbocycles. The van der Waals surface area contributed by atoms with Gasteiger partial charge in [0.1, 0.15) is 5.82 Å².